The van der Waals surface area contributed by atoms with Crippen LogP contribution in [0.15, 0.2) is 10.5 Å². The van der Waals surface area contributed by atoms with E-state index in [0.717, 1.165) is 50.1 Å². The molecule has 3 aliphatic rings. The van der Waals surface area contributed by atoms with Crippen molar-refractivity contribution < 1.29 is 24.7 Å². The van der Waals surface area contributed by atoms with Crippen LogP contribution in [-0.4, -0.2) is 45.4 Å². The maximum Gasteiger partial charge on any atom is 0.496 e. The van der Waals surface area contributed by atoms with Crippen molar-refractivity contribution in [3.05, 3.63) is 17.4 Å². The van der Waals surface area contributed by atoms with E-state index in [0.29, 0.717) is 16.9 Å². The number of nitrogens with zero attached hydrogens (tertiary/aromatic N) is 1. The summed E-state index contributed by atoms with van der Waals surface area (Å²) in [5.74, 6) is 0.503. The lowest BCUT2D eigenvalue weighted by molar-refractivity contribution is 0.0462. The highest BCUT2D eigenvalue weighted by atomic mass is 16.4. The highest BCUT2D eigenvalue weighted by Crippen LogP contribution is 2.60. The fourth-order valence-corrected chi connectivity index (χ4v) is 7.48. The number of phenols is 2. The molecule has 1 aromatic carbocycles. The van der Waals surface area contributed by atoms with E-state index in [2.05, 4.69) is 25.7 Å². The van der Waals surface area contributed by atoms with Crippen molar-refractivity contribution in [3.63, 3.8) is 0 Å². The molecule has 1 unspecified atom stereocenters. The lowest BCUT2D eigenvalue weighted by Gasteiger charge is -2.50. The molecule has 1 aliphatic heterocycles. The summed E-state index contributed by atoms with van der Waals surface area (Å²) in [6, 6.07) is 1.70. The lowest BCUT2D eigenvalue weighted by Crippen LogP contribution is -2.44. The number of benzene rings is 1. The van der Waals surface area contributed by atoms with Gasteiger partial charge in [-0.25, -0.2) is 0 Å². The molecule has 4 N–H and O–H groups in total. The predicted octanol–water partition coefficient (Wildman–Crippen LogP) is 3.93. The SMILES string of the molecule is CC1(C)CCC[C@@]2(C)c3c(oc4c(B(O)O)c(O)c(O)cc34)C(N3CCCCC3)CC[C@H]12. The van der Waals surface area contributed by atoms with Crippen molar-refractivity contribution in [3.8, 4) is 11.5 Å². The lowest BCUT2D eigenvalue weighted by atomic mass is 9.53. The summed E-state index contributed by atoms with van der Waals surface area (Å²) in [7, 11) is -1.93. The van der Waals surface area contributed by atoms with Gasteiger partial charge in [-0.3, -0.25) is 4.90 Å². The van der Waals surface area contributed by atoms with Gasteiger partial charge in [0.2, 0.25) is 0 Å². The second-order valence-corrected chi connectivity index (χ2v) is 11.3. The third kappa shape index (κ3) is 3.19. The quantitative estimate of drug-likeness (QED) is 0.417. The molecule has 1 aromatic heterocycles. The summed E-state index contributed by atoms with van der Waals surface area (Å²) in [5.41, 5.74) is 1.31. The maximum atomic E-state index is 10.5. The predicted molar refractivity (Wildman–Crippen MR) is 125 cm³/mol. The van der Waals surface area contributed by atoms with E-state index in [1.165, 1.54) is 25.7 Å². The minimum Gasteiger partial charge on any atom is -0.504 e. The van der Waals surface area contributed by atoms with Crippen LogP contribution in [0.5, 0.6) is 11.5 Å². The van der Waals surface area contributed by atoms with Gasteiger partial charge in [-0.15, -0.1) is 0 Å². The Morgan fingerprint density at radius 2 is 1.72 bits per heavy atom. The van der Waals surface area contributed by atoms with Crippen molar-refractivity contribution >= 4 is 23.6 Å². The van der Waals surface area contributed by atoms with Gasteiger partial charge in [-0.2, -0.15) is 0 Å². The Balaban J connectivity index is 1.81. The first-order valence-electron chi connectivity index (χ1n) is 12.3. The molecule has 0 radical (unpaired) electrons. The number of phenolic OH excluding ortho intramolecular Hbond substituents is 2. The van der Waals surface area contributed by atoms with Gasteiger partial charge in [0, 0.05) is 10.9 Å². The smallest absolute Gasteiger partial charge is 0.496 e. The second-order valence-electron chi connectivity index (χ2n) is 11.3. The molecule has 2 fully saturated rings. The van der Waals surface area contributed by atoms with Gasteiger partial charge in [0.25, 0.3) is 0 Å². The molecule has 6 nitrogen and oxygen atoms in total. The fourth-order valence-electron chi connectivity index (χ4n) is 7.48. The molecule has 0 bridgehead atoms. The van der Waals surface area contributed by atoms with Gasteiger partial charge in [0.05, 0.1) is 11.5 Å². The molecular weight excluding hydrogens is 405 g/mol. The van der Waals surface area contributed by atoms with E-state index in [4.69, 9.17) is 4.42 Å². The number of fused-ring (bicyclic) bond motifs is 5. The topological polar surface area (TPSA) is 97.3 Å². The summed E-state index contributed by atoms with van der Waals surface area (Å²) in [5, 5.41) is 41.8. The van der Waals surface area contributed by atoms with E-state index < -0.39 is 12.9 Å². The molecule has 1 saturated heterocycles. The molecule has 7 heteroatoms. The molecule has 2 heterocycles. The average Bonchev–Trinajstić information content (AvgIpc) is 3.03. The fraction of sp³-hybridized carbons (Fsp3) is 0.680. The second kappa shape index (κ2) is 7.68. The molecule has 2 aromatic rings. The molecule has 3 atom stereocenters. The molecule has 32 heavy (non-hydrogen) atoms. The Kier molecular flexibility index (Phi) is 5.30. The van der Waals surface area contributed by atoms with E-state index >= 15 is 0 Å². The van der Waals surface area contributed by atoms with Crippen molar-refractivity contribution in [2.75, 3.05) is 13.1 Å². The van der Waals surface area contributed by atoms with Crippen LogP contribution in [0.2, 0.25) is 0 Å². The first kappa shape index (κ1) is 22.1. The molecule has 1 saturated carbocycles. The maximum absolute atomic E-state index is 10.5. The largest absolute Gasteiger partial charge is 0.504 e. The standard InChI is InChI=1S/C25H36BNO5/c1-24(2)10-7-11-25(3)18(24)9-8-16(27-12-5-4-6-13-27)23-19(25)15-14-17(28)21(29)20(26(30)31)22(15)32-23/h14,16,18,28-31H,4-13H2,1-3H3/t16?,18-,25-/m1/s1. The number of furan rings is 1. The third-order valence-electron chi connectivity index (χ3n) is 8.92. The molecule has 174 valence electrons. The Morgan fingerprint density at radius 1 is 1.00 bits per heavy atom. The minimum atomic E-state index is -1.93. The van der Waals surface area contributed by atoms with E-state index in [1.54, 1.807) is 6.07 Å². The van der Waals surface area contributed by atoms with Crippen molar-refractivity contribution in [1.82, 2.24) is 4.90 Å². The van der Waals surface area contributed by atoms with Gasteiger partial charge in [-0.05, 0) is 74.4 Å². The third-order valence-corrected chi connectivity index (χ3v) is 8.92. The summed E-state index contributed by atoms with van der Waals surface area (Å²) in [6.45, 7) is 9.18. The van der Waals surface area contributed by atoms with E-state index in [9.17, 15) is 20.3 Å². The number of rotatable bonds is 2. The van der Waals surface area contributed by atoms with E-state index in [-0.39, 0.29) is 28.1 Å². The minimum absolute atomic E-state index is 0.129. The van der Waals surface area contributed by atoms with Crippen LogP contribution in [0.25, 0.3) is 11.0 Å². The Morgan fingerprint density at radius 3 is 2.41 bits per heavy atom. The first-order valence-corrected chi connectivity index (χ1v) is 12.3. The number of aromatic hydroxyl groups is 2. The van der Waals surface area contributed by atoms with Gasteiger partial charge in [0.1, 0.15) is 11.3 Å². The van der Waals surface area contributed by atoms with Crippen LogP contribution in [0.1, 0.15) is 89.5 Å². The molecular formula is C25H36BNO5. The number of hydrogen-bond acceptors (Lipinski definition) is 6. The summed E-state index contributed by atoms with van der Waals surface area (Å²) < 4.78 is 6.51. The first-order chi connectivity index (χ1) is 15.1. The van der Waals surface area contributed by atoms with E-state index in [1.807, 2.05) is 0 Å². The molecule has 5 rings (SSSR count). The van der Waals surface area contributed by atoms with Crippen molar-refractivity contribution in [2.24, 2.45) is 11.3 Å². The Labute approximate surface area is 190 Å². The van der Waals surface area contributed by atoms with Crippen LogP contribution in [-0.2, 0) is 5.41 Å². The van der Waals surface area contributed by atoms with Crippen LogP contribution < -0.4 is 5.46 Å². The average molecular weight is 441 g/mol. The van der Waals surface area contributed by atoms with Gasteiger partial charge in [-0.1, -0.05) is 33.6 Å². The van der Waals surface area contributed by atoms with Crippen LogP contribution in [0.3, 0.4) is 0 Å². The monoisotopic (exact) mass is 441 g/mol. The zero-order valence-corrected chi connectivity index (χ0v) is 19.5. The highest BCUT2D eigenvalue weighted by Gasteiger charge is 2.52. The molecule has 0 amide bonds. The van der Waals surface area contributed by atoms with Crippen molar-refractivity contribution in [2.45, 2.75) is 83.6 Å². The summed E-state index contributed by atoms with van der Waals surface area (Å²) in [4.78, 5) is 2.53. The summed E-state index contributed by atoms with van der Waals surface area (Å²) >= 11 is 0. The number of hydrogen-bond donors (Lipinski definition) is 4. The molecule has 0 spiro atoms. The number of likely N-dealkylation sites (tertiary alicyclic amines) is 1. The van der Waals surface area contributed by atoms with Gasteiger partial charge >= 0.3 is 7.12 Å². The highest BCUT2D eigenvalue weighted by molar-refractivity contribution is 6.63. The molecule has 2 aliphatic carbocycles. The number of piperidine rings is 1. The van der Waals surface area contributed by atoms with Gasteiger partial charge < -0.3 is 24.7 Å². The van der Waals surface area contributed by atoms with Crippen LogP contribution in [0.4, 0.5) is 0 Å². The Bertz CT molecular complexity index is 1030. The normalized spacial score (nSPS) is 30.5. The Hall–Kier alpha value is -1.70. The zero-order chi connectivity index (χ0) is 22.8. The van der Waals surface area contributed by atoms with Gasteiger partial charge in [0.15, 0.2) is 11.5 Å². The van der Waals surface area contributed by atoms with Crippen LogP contribution in [0, 0.1) is 11.3 Å². The van der Waals surface area contributed by atoms with Crippen LogP contribution >= 0.6 is 0 Å². The zero-order valence-electron chi connectivity index (χ0n) is 19.5. The van der Waals surface area contributed by atoms with Crippen molar-refractivity contribution in [1.29, 1.82) is 0 Å². The summed E-state index contributed by atoms with van der Waals surface area (Å²) in [6.07, 6.45) is 9.10.